The molecule has 1 aliphatic heterocycles. The first-order valence-electron chi connectivity index (χ1n) is 4.73. The van der Waals surface area contributed by atoms with Crippen molar-refractivity contribution < 1.29 is 4.74 Å². The predicted molar refractivity (Wildman–Crippen MR) is 60.7 cm³/mol. The molecule has 0 saturated carbocycles. The molecule has 1 aliphatic rings. The molecule has 74 valence electrons. The van der Waals surface area contributed by atoms with Gasteiger partial charge in [-0.1, -0.05) is 34.1 Å². The molecule has 14 heavy (non-hydrogen) atoms. The van der Waals surface area contributed by atoms with Crippen LogP contribution in [0.25, 0.3) is 0 Å². The smallest absolute Gasteiger partial charge is 0.169 e. The van der Waals surface area contributed by atoms with Crippen LogP contribution in [0.2, 0.25) is 0 Å². The third-order valence-electron chi connectivity index (χ3n) is 2.34. The Balaban J connectivity index is 1.91. The van der Waals surface area contributed by atoms with Gasteiger partial charge in [0.2, 0.25) is 0 Å². The van der Waals surface area contributed by atoms with E-state index in [2.05, 4.69) is 39.1 Å². The lowest BCUT2D eigenvalue weighted by Crippen LogP contribution is -2.07. The van der Waals surface area contributed by atoms with Gasteiger partial charge in [0.15, 0.2) is 6.40 Å². The zero-order chi connectivity index (χ0) is 9.80. The molecular formula is C11H12BrNO. The molecule has 3 heteroatoms. The SMILES string of the molecule is Brc1ccccc1CCC1COC=N1. The third-order valence-corrected chi connectivity index (χ3v) is 3.11. The fraction of sp³-hybridized carbons (Fsp3) is 0.364. The molecular weight excluding hydrogens is 242 g/mol. The fourth-order valence-electron chi connectivity index (χ4n) is 1.51. The largest absolute Gasteiger partial charge is 0.481 e. The molecule has 0 aromatic heterocycles. The highest BCUT2D eigenvalue weighted by Gasteiger charge is 2.11. The van der Waals surface area contributed by atoms with Crippen LogP contribution in [0.1, 0.15) is 12.0 Å². The molecule has 1 unspecified atom stereocenters. The van der Waals surface area contributed by atoms with Crippen molar-refractivity contribution in [3.05, 3.63) is 34.3 Å². The van der Waals surface area contributed by atoms with Crippen LogP contribution >= 0.6 is 15.9 Å². The molecule has 0 saturated heterocycles. The van der Waals surface area contributed by atoms with Gasteiger partial charge in [-0.05, 0) is 24.5 Å². The van der Waals surface area contributed by atoms with Crippen molar-refractivity contribution in [1.82, 2.24) is 0 Å². The van der Waals surface area contributed by atoms with Crippen LogP contribution in [-0.4, -0.2) is 19.0 Å². The second-order valence-corrected chi connectivity index (χ2v) is 4.23. The van der Waals surface area contributed by atoms with E-state index in [0.29, 0.717) is 6.04 Å². The Morgan fingerprint density at radius 3 is 3.00 bits per heavy atom. The number of nitrogens with zero attached hydrogens (tertiary/aromatic N) is 1. The summed E-state index contributed by atoms with van der Waals surface area (Å²) >= 11 is 3.54. The number of hydrogen-bond donors (Lipinski definition) is 0. The Kier molecular flexibility index (Phi) is 3.19. The Labute approximate surface area is 92.1 Å². The standard InChI is InChI=1S/C11H12BrNO/c12-11-4-2-1-3-9(11)5-6-10-7-14-8-13-10/h1-4,8,10H,5-7H2. The van der Waals surface area contributed by atoms with E-state index in [-0.39, 0.29) is 0 Å². The quantitative estimate of drug-likeness (QED) is 0.812. The van der Waals surface area contributed by atoms with Gasteiger partial charge in [-0.3, -0.25) is 4.99 Å². The highest BCUT2D eigenvalue weighted by atomic mass is 79.9. The first-order valence-corrected chi connectivity index (χ1v) is 5.52. The molecule has 1 aromatic carbocycles. The van der Waals surface area contributed by atoms with Crippen molar-refractivity contribution >= 4 is 22.3 Å². The second kappa shape index (κ2) is 4.60. The average molecular weight is 254 g/mol. The van der Waals surface area contributed by atoms with Gasteiger partial charge >= 0.3 is 0 Å². The molecule has 0 spiro atoms. The van der Waals surface area contributed by atoms with Gasteiger partial charge in [-0.15, -0.1) is 0 Å². The molecule has 2 rings (SSSR count). The van der Waals surface area contributed by atoms with Gasteiger partial charge in [0.05, 0.1) is 6.04 Å². The number of ether oxygens (including phenoxy) is 1. The summed E-state index contributed by atoms with van der Waals surface area (Å²) in [7, 11) is 0. The third kappa shape index (κ3) is 2.35. The molecule has 0 fully saturated rings. The summed E-state index contributed by atoms with van der Waals surface area (Å²) in [6.45, 7) is 0.741. The number of benzene rings is 1. The maximum atomic E-state index is 5.07. The maximum Gasteiger partial charge on any atom is 0.169 e. The van der Waals surface area contributed by atoms with Crippen molar-refractivity contribution in [3.8, 4) is 0 Å². The fourth-order valence-corrected chi connectivity index (χ4v) is 1.99. The summed E-state index contributed by atoms with van der Waals surface area (Å²) in [5.41, 5.74) is 1.34. The Morgan fingerprint density at radius 2 is 2.29 bits per heavy atom. The first-order chi connectivity index (χ1) is 6.86. The van der Waals surface area contributed by atoms with Gasteiger partial charge in [-0.25, -0.2) is 0 Å². The van der Waals surface area contributed by atoms with E-state index < -0.39 is 0 Å². The van der Waals surface area contributed by atoms with Gasteiger partial charge in [0, 0.05) is 4.47 Å². The van der Waals surface area contributed by atoms with E-state index in [9.17, 15) is 0 Å². The van der Waals surface area contributed by atoms with Crippen LogP contribution in [0.15, 0.2) is 33.7 Å². The molecule has 0 bridgehead atoms. The second-order valence-electron chi connectivity index (χ2n) is 3.37. The van der Waals surface area contributed by atoms with E-state index in [4.69, 9.17) is 4.74 Å². The van der Waals surface area contributed by atoms with Gasteiger partial charge in [-0.2, -0.15) is 0 Å². The van der Waals surface area contributed by atoms with E-state index in [0.717, 1.165) is 19.4 Å². The molecule has 2 nitrogen and oxygen atoms in total. The number of hydrogen-bond acceptors (Lipinski definition) is 2. The summed E-state index contributed by atoms with van der Waals surface area (Å²) in [6, 6.07) is 8.66. The van der Waals surface area contributed by atoms with Gasteiger partial charge < -0.3 is 4.74 Å². The zero-order valence-corrected chi connectivity index (χ0v) is 9.40. The number of aliphatic imine (C=N–C) groups is 1. The average Bonchev–Trinajstić information content (AvgIpc) is 2.69. The van der Waals surface area contributed by atoms with Crippen LogP contribution in [-0.2, 0) is 11.2 Å². The predicted octanol–water partition coefficient (Wildman–Crippen LogP) is 2.81. The number of aryl methyl sites for hydroxylation is 1. The van der Waals surface area contributed by atoms with Crippen LogP contribution in [0.3, 0.4) is 0 Å². The van der Waals surface area contributed by atoms with Crippen LogP contribution in [0, 0.1) is 0 Å². The summed E-state index contributed by atoms with van der Waals surface area (Å²) in [4.78, 5) is 4.22. The minimum atomic E-state index is 0.349. The Morgan fingerprint density at radius 1 is 1.43 bits per heavy atom. The molecule has 0 N–H and O–H groups in total. The highest BCUT2D eigenvalue weighted by Crippen LogP contribution is 2.19. The van der Waals surface area contributed by atoms with E-state index in [1.54, 1.807) is 6.40 Å². The highest BCUT2D eigenvalue weighted by molar-refractivity contribution is 9.10. The summed E-state index contributed by atoms with van der Waals surface area (Å²) in [5, 5.41) is 0. The number of halogens is 1. The monoisotopic (exact) mass is 253 g/mol. The Bertz CT molecular complexity index is 338. The minimum Gasteiger partial charge on any atom is -0.481 e. The summed E-state index contributed by atoms with van der Waals surface area (Å²) < 4.78 is 6.26. The minimum absolute atomic E-state index is 0.349. The molecule has 0 amide bonds. The zero-order valence-electron chi connectivity index (χ0n) is 7.82. The van der Waals surface area contributed by atoms with Crippen molar-refractivity contribution in [2.75, 3.05) is 6.61 Å². The molecule has 1 atom stereocenters. The van der Waals surface area contributed by atoms with E-state index >= 15 is 0 Å². The summed E-state index contributed by atoms with van der Waals surface area (Å²) in [5.74, 6) is 0. The van der Waals surface area contributed by atoms with Crippen LogP contribution in [0.5, 0.6) is 0 Å². The van der Waals surface area contributed by atoms with Crippen molar-refractivity contribution in [2.45, 2.75) is 18.9 Å². The normalized spacial score (nSPS) is 19.6. The van der Waals surface area contributed by atoms with Crippen molar-refractivity contribution in [1.29, 1.82) is 0 Å². The van der Waals surface area contributed by atoms with Gasteiger partial charge in [0.1, 0.15) is 6.61 Å². The van der Waals surface area contributed by atoms with Crippen LogP contribution < -0.4 is 0 Å². The first kappa shape index (κ1) is 9.71. The lowest BCUT2D eigenvalue weighted by Gasteiger charge is -2.06. The van der Waals surface area contributed by atoms with Gasteiger partial charge in [0.25, 0.3) is 0 Å². The number of rotatable bonds is 3. The molecule has 0 radical (unpaired) electrons. The lowest BCUT2D eigenvalue weighted by molar-refractivity contribution is 0.322. The maximum absolute atomic E-state index is 5.07. The van der Waals surface area contributed by atoms with Crippen LogP contribution in [0.4, 0.5) is 0 Å². The molecule has 1 heterocycles. The van der Waals surface area contributed by atoms with E-state index in [1.165, 1.54) is 10.0 Å². The molecule has 0 aliphatic carbocycles. The van der Waals surface area contributed by atoms with Crippen molar-refractivity contribution in [2.24, 2.45) is 4.99 Å². The topological polar surface area (TPSA) is 21.6 Å². The Hall–Kier alpha value is -0.830. The summed E-state index contributed by atoms with van der Waals surface area (Å²) in [6.07, 6.45) is 3.66. The lowest BCUT2D eigenvalue weighted by atomic mass is 10.1. The van der Waals surface area contributed by atoms with Crippen molar-refractivity contribution in [3.63, 3.8) is 0 Å². The van der Waals surface area contributed by atoms with E-state index in [1.807, 2.05) is 6.07 Å². The molecule has 1 aromatic rings.